The van der Waals surface area contributed by atoms with E-state index in [1.165, 1.54) is 0 Å². The van der Waals surface area contributed by atoms with Crippen LogP contribution in [0.4, 0.5) is 0 Å². The average Bonchev–Trinajstić information content (AvgIpc) is 2.66. The number of fused-ring (bicyclic) bond motifs is 1. The Morgan fingerprint density at radius 1 is 1.30 bits per heavy atom. The van der Waals surface area contributed by atoms with Crippen molar-refractivity contribution in [3.8, 4) is 11.5 Å². The van der Waals surface area contributed by atoms with E-state index in [0.717, 1.165) is 11.5 Å². The monoisotopic (exact) mass is 137 g/mol. The van der Waals surface area contributed by atoms with Gasteiger partial charge in [-0.1, -0.05) is 12.1 Å². The lowest BCUT2D eigenvalue weighted by atomic mass is 10.4. The molecule has 0 radical (unpaired) electrons. The third kappa shape index (κ3) is 1.48. The van der Waals surface area contributed by atoms with Gasteiger partial charge in [0.25, 0.3) is 0 Å². The number of ether oxygens (including phenoxy) is 1. The summed E-state index contributed by atoms with van der Waals surface area (Å²) in [5.74, 6) is 2.06. The first-order chi connectivity index (χ1) is 4.88. The van der Waals surface area contributed by atoms with Crippen molar-refractivity contribution in [2.75, 3.05) is 0 Å². The van der Waals surface area contributed by atoms with E-state index in [-0.39, 0.29) is 6.41 Å². The molecule has 1 aliphatic heterocycles. The highest BCUT2D eigenvalue weighted by atomic mass is 16.6. The zero-order valence-electron chi connectivity index (χ0n) is 5.28. The van der Waals surface area contributed by atoms with E-state index in [0.29, 0.717) is 0 Å². The fraction of sp³-hybridized carbons (Fsp3) is 0. The van der Waals surface area contributed by atoms with Crippen LogP contribution in [0.25, 0.3) is 0 Å². The smallest absolute Gasteiger partial charge is 0.204 e. The summed E-state index contributed by atoms with van der Waals surface area (Å²) in [5.41, 5.74) is 4.17. The number of para-hydroxylation sites is 2. The number of hydrogen-bond acceptors (Lipinski definition) is 2. The molecule has 1 aromatic carbocycles. The Hall–Kier alpha value is -1.51. The van der Waals surface area contributed by atoms with E-state index in [9.17, 15) is 0 Å². The maximum atomic E-state index is 8.58. The summed E-state index contributed by atoms with van der Waals surface area (Å²) >= 11 is 0. The van der Waals surface area contributed by atoms with Crippen LogP contribution in [-0.2, 0) is 4.79 Å². The van der Waals surface area contributed by atoms with Crippen molar-refractivity contribution in [1.82, 2.24) is 0 Å². The lowest BCUT2D eigenvalue weighted by Crippen LogP contribution is -1.82. The van der Waals surface area contributed by atoms with Gasteiger partial charge < -0.3 is 10.5 Å². The zero-order chi connectivity index (χ0) is 7.40. The Morgan fingerprint density at radius 3 is 2.00 bits per heavy atom. The van der Waals surface area contributed by atoms with Crippen LogP contribution in [-0.4, -0.2) is 6.41 Å². The van der Waals surface area contributed by atoms with Gasteiger partial charge in [-0.2, -0.15) is 0 Å². The van der Waals surface area contributed by atoms with Crippen molar-refractivity contribution in [1.29, 1.82) is 0 Å². The van der Waals surface area contributed by atoms with Crippen LogP contribution in [0.15, 0.2) is 24.3 Å². The number of carbonyl (C=O) groups excluding carboxylic acids is 1. The lowest BCUT2D eigenvalue weighted by Gasteiger charge is -1.61. The first-order valence-corrected chi connectivity index (χ1v) is 2.80. The number of hydrogen-bond donors (Lipinski definition) is 1. The van der Waals surface area contributed by atoms with Gasteiger partial charge in [-0.15, -0.1) is 0 Å². The fourth-order valence-electron chi connectivity index (χ4n) is 0.611. The fourth-order valence-corrected chi connectivity index (χ4v) is 0.611. The highest BCUT2D eigenvalue weighted by Crippen LogP contribution is 2.43. The van der Waals surface area contributed by atoms with E-state index >= 15 is 0 Å². The molecule has 0 saturated carbocycles. The second-order valence-corrected chi connectivity index (χ2v) is 1.68. The summed E-state index contributed by atoms with van der Waals surface area (Å²) in [6, 6.07) is 7.84. The van der Waals surface area contributed by atoms with E-state index < -0.39 is 0 Å². The number of rotatable bonds is 0. The average molecular weight is 137 g/mol. The molecule has 1 amide bonds. The molecule has 10 heavy (non-hydrogen) atoms. The van der Waals surface area contributed by atoms with E-state index in [2.05, 4.69) is 5.73 Å². The minimum absolute atomic E-state index is 0.250. The number of carbonyl (C=O) groups is 1. The Kier molecular flexibility index (Phi) is 1.89. The third-order valence-electron chi connectivity index (χ3n) is 1.03. The van der Waals surface area contributed by atoms with Gasteiger partial charge in [0, 0.05) is 0 Å². The molecule has 52 valence electrons. The summed E-state index contributed by atoms with van der Waals surface area (Å²) in [6.07, 6.45) is 0.250. The summed E-state index contributed by atoms with van der Waals surface area (Å²) in [7, 11) is 0. The number of nitrogens with two attached hydrogens (primary N) is 1. The standard InChI is InChI=1S/C6H4O.CH3NO/c1-2-4-6-5(3-1)7-6;2-1-3/h1-4H;1H,(H2,2,3). The molecular formula is C7H7NO2. The van der Waals surface area contributed by atoms with Gasteiger partial charge in [-0.05, 0) is 12.1 Å². The Balaban J connectivity index is 0.000000148. The van der Waals surface area contributed by atoms with Gasteiger partial charge in [0.1, 0.15) is 0 Å². The second kappa shape index (κ2) is 2.87. The van der Waals surface area contributed by atoms with Gasteiger partial charge in [0.05, 0.1) is 0 Å². The van der Waals surface area contributed by atoms with Crippen LogP contribution in [0.1, 0.15) is 0 Å². The summed E-state index contributed by atoms with van der Waals surface area (Å²) in [5, 5.41) is 0. The second-order valence-electron chi connectivity index (χ2n) is 1.68. The zero-order valence-corrected chi connectivity index (χ0v) is 5.28. The molecule has 2 rings (SSSR count). The van der Waals surface area contributed by atoms with Crippen LogP contribution in [0, 0.1) is 0 Å². The lowest BCUT2D eigenvalue weighted by molar-refractivity contribution is -0.106. The van der Waals surface area contributed by atoms with E-state index in [1.807, 2.05) is 24.3 Å². The predicted molar refractivity (Wildman–Crippen MR) is 36.8 cm³/mol. The number of amides is 1. The summed E-state index contributed by atoms with van der Waals surface area (Å²) in [6.45, 7) is 0. The van der Waals surface area contributed by atoms with E-state index in [1.54, 1.807) is 0 Å². The summed E-state index contributed by atoms with van der Waals surface area (Å²) in [4.78, 5) is 8.58. The van der Waals surface area contributed by atoms with Gasteiger partial charge >= 0.3 is 0 Å². The van der Waals surface area contributed by atoms with Crippen molar-refractivity contribution in [3.05, 3.63) is 24.3 Å². The molecule has 0 aromatic heterocycles. The summed E-state index contributed by atoms with van der Waals surface area (Å²) < 4.78 is 4.94. The molecular weight excluding hydrogens is 130 g/mol. The van der Waals surface area contributed by atoms with Crippen LogP contribution >= 0.6 is 0 Å². The van der Waals surface area contributed by atoms with Crippen LogP contribution in [0.3, 0.4) is 0 Å². The first-order valence-electron chi connectivity index (χ1n) is 2.80. The predicted octanol–water partition coefficient (Wildman–Crippen LogP) is 0.894. The molecule has 0 saturated heterocycles. The first kappa shape index (κ1) is 6.61. The maximum Gasteiger partial charge on any atom is 0.204 e. The topological polar surface area (TPSA) is 55.6 Å². The molecule has 0 aliphatic carbocycles. The maximum absolute atomic E-state index is 8.58. The van der Waals surface area contributed by atoms with E-state index in [4.69, 9.17) is 9.53 Å². The Bertz CT molecular complexity index is 214. The molecule has 0 atom stereocenters. The van der Waals surface area contributed by atoms with Gasteiger partial charge in [0.2, 0.25) is 6.41 Å². The Labute approximate surface area is 58.4 Å². The third-order valence-corrected chi connectivity index (χ3v) is 1.03. The highest BCUT2D eigenvalue weighted by Gasteiger charge is 2.15. The van der Waals surface area contributed by atoms with Crippen LogP contribution in [0.2, 0.25) is 0 Å². The molecule has 0 fully saturated rings. The van der Waals surface area contributed by atoms with Crippen LogP contribution in [0.5, 0.6) is 11.5 Å². The molecule has 3 nitrogen and oxygen atoms in total. The van der Waals surface area contributed by atoms with Gasteiger partial charge in [-0.3, -0.25) is 4.79 Å². The Morgan fingerprint density at radius 2 is 1.70 bits per heavy atom. The minimum Gasteiger partial charge on any atom is -0.450 e. The van der Waals surface area contributed by atoms with Crippen molar-refractivity contribution < 1.29 is 9.53 Å². The quantitative estimate of drug-likeness (QED) is 0.433. The van der Waals surface area contributed by atoms with Gasteiger partial charge in [0.15, 0.2) is 11.5 Å². The molecule has 1 heterocycles. The highest BCUT2D eigenvalue weighted by molar-refractivity contribution is 5.53. The van der Waals surface area contributed by atoms with Crippen molar-refractivity contribution in [2.24, 2.45) is 5.73 Å². The molecule has 0 unspecified atom stereocenters. The van der Waals surface area contributed by atoms with Gasteiger partial charge in [-0.25, -0.2) is 0 Å². The molecule has 0 spiro atoms. The minimum atomic E-state index is 0.250. The SMILES string of the molecule is NC=O.c1ccc2c(c1)O2. The number of benzene rings is 1. The molecule has 3 heteroatoms. The molecule has 0 bridgehead atoms. The van der Waals surface area contributed by atoms with Crippen molar-refractivity contribution >= 4 is 6.41 Å². The van der Waals surface area contributed by atoms with Crippen molar-refractivity contribution in [3.63, 3.8) is 0 Å². The molecule has 2 N–H and O–H groups in total. The molecule has 1 aromatic rings. The molecule has 1 aliphatic rings. The van der Waals surface area contributed by atoms with Crippen molar-refractivity contribution in [2.45, 2.75) is 0 Å². The largest absolute Gasteiger partial charge is 0.450 e. The normalized spacial score (nSPS) is 9.60. The number of primary amides is 1. The van der Waals surface area contributed by atoms with Crippen LogP contribution < -0.4 is 10.5 Å².